The summed E-state index contributed by atoms with van der Waals surface area (Å²) in [7, 11) is -1.49. The summed E-state index contributed by atoms with van der Waals surface area (Å²) in [5.41, 5.74) is 6.19. The number of methoxy groups -OCH3 is 2. The number of nitrogens with two attached hydrogens (primary N) is 1. The van der Waals surface area contributed by atoms with Crippen molar-refractivity contribution in [2.75, 3.05) is 20.0 Å². The number of rotatable bonds is 2. The molecule has 0 bridgehead atoms. The van der Waals surface area contributed by atoms with Gasteiger partial charge in [0.05, 0.1) is 19.9 Å². The summed E-state index contributed by atoms with van der Waals surface area (Å²) in [5.74, 6) is 1.39. The monoisotopic (exact) mass is 251 g/mol. The van der Waals surface area contributed by atoms with Crippen LogP contribution in [0, 0.1) is 0 Å². The first-order valence-electron chi connectivity index (χ1n) is 3.95. The predicted molar refractivity (Wildman–Crippen MR) is 58.1 cm³/mol. The Morgan fingerprint density at radius 1 is 1.19 bits per heavy atom. The largest absolute Gasteiger partial charge is 0.497 e. The van der Waals surface area contributed by atoms with Crippen LogP contribution in [0.5, 0.6) is 11.5 Å². The standard InChI is InChI=1S/C8H11NO2.H2O4S/c1-10-6-3-4-7(9)8(5-6)11-2;1-5(2,3)4/h3-5H,9H2,1-2H3;(H2,1,2,3,4). The molecule has 4 N–H and O–H groups in total. The van der Waals surface area contributed by atoms with Crippen molar-refractivity contribution < 1.29 is 27.0 Å². The van der Waals surface area contributed by atoms with Crippen LogP contribution in [0.1, 0.15) is 0 Å². The third-order valence-electron chi connectivity index (χ3n) is 1.44. The van der Waals surface area contributed by atoms with E-state index in [2.05, 4.69) is 0 Å². The van der Waals surface area contributed by atoms with Gasteiger partial charge in [-0.15, -0.1) is 0 Å². The average molecular weight is 251 g/mol. The Hall–Kier alpha value is -1.51. The lowest BCUT2D eigenvalue weighted by Gasteiger charge is -2.05. The molecule has 7 nitrogen and oxygen atoms in total. The van der Waals surface area contributed by atoms with Crippen LogP contribution in [0.25, 0.3) is 0 Å². The van der Waals surface area contributed by atoms with Gasteiger partial charge >= 0.3 is 10.4 Å². The zero-order valence-electron chi connectivity index (χ0n) is 8.75. The highest BCUT2D eigenvalue weighted by molar-refractivity contribution is 7.79. The van der Waals surface area contributed by atoms with E-state index in [1.807, 2.05) is 0 Å². The van der Waals surface area contributed by atoms with Gasteiger partial charge in [-0.2, -0.15) is 8.42 Å². The van der Waals surface area contributed by atoms with E-state index in [4.69, 9.17) is 32.7 Å². The van der Waals surface area contributed by atoms with Gasteiger partial charge in [-0.05, 0) is 12.1 Å². The van der Waals surface area contributed by atoms with Crippen LogP contribution >= 0.6 is 0 Å². The molecule has 1 rings (SSSR count). The molecule has 0 radical (unpaired) electrons. The molecule has 0 fully saturated rings. The molecule has 8 heteroatoms. The molecule has 0 saturated heterocycles. The highest BCUT2D eigenvalue weighted by Gasteiger charge is 1.99. The van der Waals surface area contributed by atoms with Gasteiger partial charge < -0.3 is 15.2 Å². The Morgan fingerprint density at radius 2 is 1.69 bits per heavy atom. The first kappa shape index (κ1) is 14.5. The summed E-state index contributed by atoms with van der Waals surface area (Å²) in [6, 6.07) is 5.28. The van der Waals surface area contributed by atoms with Gasteiger partial charge in [0.25, 0.3) is 0 Å². The maximum Gasteiger partial charge on any atom is 0.394 e. The number of hydrogen-bond acceptors (Lipinski definition) is 5. The summed E-state index contributed by atoms with van der Waals surface area (Å²) in [4.78, 5) is 0. The van der Waals surface area contributed by atoms with Crippen LogP contribution in [-0.2, 0) is 10.4 Å². The second-order valence-electron chi connectivity index (χ2n) is 2.56. The molecule has 0 aliphatic heterocycles. The first-order valence-corrected chi connectivity index (χ1v) is 5.35. The quantitative estimate of drug-likeness (QED) is 0.521. The molecular formula is C8H13NO6S. The molecule has 92 valence electrons. The van der Waals surface area contributed by atoms with Crippen molar-refractivity contribution in [2.45, 2.75) is 0 Å². The van der Waals surface area contributed by atoms with Crippen molar-refractivity contribution in [3.8, 4) is 11.5 Å². The van der Waals surface area contributed by atoms with Crippen molar-refractivity contribution in [3.05, 3.63) is 18.2 Å². The molecule has 0 amide bonds. The zero-order chi connectivity index (χ0) is 12.8. The normalized spacial score (nSPS) is 10.0. The lowest BCUT2D eigenvalue weighted by Crippen LogP contribution is -1.92. The Morgan fingerprint density at radius 3 is 2.06 bits per heavy atom. The average Bonchev–Trinajstić information content (AvgIpc) is 2.16. The molecule has 0 spiro atoms. The van der Waals surface area contributed by atoms with Crippen molar-refractivity contribution >= 4 is 16.1 Å². The molecule has 0 heterocycles. The van der Waals surface area contributed by atoms with Gasteiger partial charge in [-0.1, -0.05) is 0 Å². The van der Waals surface area contributed by atoms with E-state index < -0.39 is 10.4 Å². The van der Waals surface area contributed by atoms with Gasteiger partial charge in [-0.3, -0.25) is 9.11 Å². The molecule has 0 aromatic heterocycles. The van der Waals surface area contributed by atoms with Gasteiger partial charge in [0.1, 0.15) is 11.5 Å². The van der Waals surface area contributed by atoms with E-state index in [0.717, 1.165) is 5.75 Å². The number of benzene rings is 1. The molecule has 16 heavy (non-hydrogen) atoms. The van der Waals surface area contributed by atoms with E-state index in [9.17, 15) is 0 Å². The fourth-order valence-corrected chi connectivity index (χ4v) is 0.818. The van der Waals surface area contributed by atoms with Crippen molar-refractivity contribution in [1.82, 2.24) is 0 Å². The van der Waals surface area contributed by atoms with E-state index in [-0.39, 0.29) is 0 Å². The van der Waals surface area contributed by atoms with Crippen LogP contribution in [0.15, 0.2) is 18.2 Å². The summed E-state index contributed by atoms with van der Waals surface area (Å²) in [6.07, 6.45) is 0. The van der Waals surface area contributed by atoms with E-state index in [0.29, 0.717) is 11.4 Å². The van der Waals surface area contributed by atoms with Crippen LogP contribution < -0.4 is 15.2 Å². The Kier molecular flexibility index (Phi) is 5.57. The maximum atomic E-state index is 8.74. The van der Waals surface area contributed by atoms with Crippen LogP contribution in [0.2, 0.25) is 0 Å². The first-order chi connectivity index (χ1) is 7.27. The summed E-state index contributed by atoms with van der Waals surface area (Å²) < 4.78 is 41.5. The molecular weight excluding hydrogens is 238 g/mol. The minimum absolute atomic E-state index is 0.619. The number of hydrogen-bond donors (Lipinski definition) is 3. The Bertz CT molecular complexity index is 422. The zero-order valence-corrected chi connectivity index (χ0v) is 9.56. The van der Waals surface area contributed by atoms with E-state index >= 15 is 0 Å². The molecule has 0 unspecified atom stereocenters. The summed E-state index contributed by atoms with van der Waals surface area (Å²) in [5, 5.41) is 0. The molecule has 0 aliphatic rings. The SMILES string of the molecule is COc1ccc(N)c(OC)c1.O=S(=O)(O)O. The summed E-state index contributed by atoms with van der Waals surface area (Å²) in [6.45, 7) is 0. The number of ether oxygens (including phenoxy) is 2. The fraction of sp³-hybridized carbons (Fsp3) is 0.250. The van der Waals surface area contributed by atoms with E-state index in [1.165, 1.54) is 0 Å². The van der Waals surface area contributed by atoms with Gasteiger partial charge in [0, 0.05) is 6.07 Å². The number of anilines is 1. The van der Waals surface area contributed by atoms with Crippen LogP contribution in [0.4, 0.5) is 5.69 Å². The predicted octanol–water partition coefficient (Wildman–Crippen LogP) is 0.633. The van der Waals surface area contributed by atoms with Gasteiger partial charge in [0.15, 0.2) is 0 Å². The highest BCUT2D eigenvalue weighted by atomic mass is 32.3. The Labute approximate surface area is 93.4 Å². The number of nitrogen functional groups attached to an aromatic ring is 1. The molecule has 0 aliphatic carbocycles. The van der Waals surface area contributed by atoms with Gasteiger partial charge in [0.2, 0.25) is 0 Å². The fourth-order valence-electron chi connectivity index (χ4n) is 0.818. The maximum absolute atomic E-state index is 8.74. The lowest BCUT2D eigenvalue weighted by atomic mass is 10.3. The van der Waals surface area contributed by atoms with E-state index in [1.54, 1.807) is 32.4 Å². The van der Waals surface area contributed by atoms with Gasteiger partial charge in [-0.25, -0.2) is 0 Å². The van der Waals surface area contributed by atoms with Crippen molar-refractivity contribution in [3.63, 3.8) is 0 Å². The molecule has 0 saturated carbocycles. The van der Waals surface area contributed by atoms with Crippen molar-refractivity contribution in [2.24, 2.45) is 0 Å². The third-order valence-corrected chi connectivity index (χ3v) is 1.44. The molecule has 0 atom stereocenters. The summed E-state index contributed by atoms with van der Waals surface area (Å²) >= 11 is 0. The minimum Gasteiger partial charge on any atom is -0.497 e. The second kappa shape index (κ2) is 6.16. The van der Waals surface area contributed by atoms with Crippen LogP contribution in [-0.4, -0.2) is 31.7 Å². The highest BCUT2D eigenvalue weighted by Crippen LogP contribution is 2.25. The Balaban J connectivity index is 0.000000385. The molecule has 1 aromatic rings. The smallest absolute Gasteiger partial charge is 0.394 e. The van der Waals surface area contributed by atoms with Crippen LogP contribution in [0.3, 0.4) is 0 Å². The minimum atomic E-state index is -4.67. The topological polar surface area (TPSA) is 119 Å². The second-order valence-corrected chi connectivity index (χ2v) is 3.45. The lowest BCUT2D eigenvalue weighted by molar-refractivity contribution is 0.381. The van der Waals surface area contributed by atoms with Crippen molar-refractivity contribution in [1.29, 1.82) is 0 Å². The third kappa shape index (κ3) is 6.87. The molecule has 1 aromatic carbocycles.